The Hall–Kier alpha value is -2.82. The summed E-state index contributed by atoms with van der Waals surface area (Å²) < 4.78 is 0. The number of hydrogen-bond acceptors (Lipinski definition) is 2. The van der Waals surface area contributed by atoms with Gasteiger partial charge >= 0.3 is 6.03 Å². The van der Waals surface area contributed by atoms with Gasteiger partial charge in [-0.3, -0.25) is 4.79 Å². The Labute approximate surface area is 148 Å². The van der Waals surface area contributed by atoms with Crippen molar-refractivity contribution in [2.75, 3.05) is 5.32 Å². The van der Waals surface area contributed by atoms with Crippen molar-refractivity contribution in [3.8, 4) is 0 Å². The highest BCUT2D eigenvalue weighted by molar-refractivity contribution is 5.89. The molecule has 132 valence electrons. The van der Waals surface area contributed by atoms with Crippen LogP contribution in [0.15, 0.2) is 48.5 Å². The van der Waals surface area contributed by atoms with Crippen LogP contribution in [0, 0.1) is 6.92 Å². The van der Waals surface area contributed by atoms with Crippen molar-refractivity contribution in [2.45, 2.75) is 39.8 Å². The van der Waals surface area contributed by atoms with Crippen molar-refractivity contribution >= 4 is 17.6 Å². The molecular formula is C20H25N3O2. The SMILES string of the molecule is Cc1ccc(CC(=O)NCc2ccc(NC(=O)NC(C)C)cc2)cc1. The van der Waals surface area contributed by atoms with Crippen LogP contribution in [0.1, 0.15) is 30.5 Å². The minimum atomic E-state index is -0.228. The van der Waals surface area contributed by atoms with Gasteiger partial charge in [-0.15, -0.1) is 0 Å². The number of carbonyl (C=O) groups excluding carboxylic acids is 2. The van der Waals surface area contributed by atoms with Crippen molar-refractivity contribution in [1.82, 2.24) is 10.6 Å². The van der Waals surface area contributed by atoms with Gasteiger partial charge in [0.2, 0.25) is 5.91 Å². The van der Waals surface area contributed by atoms with Crippen LogP contribution in [0.5, 0.6) is 0 Å². The minimum absolute atomic E-state index is 0.0117. The topological polar surface area (TPSA) is 70.2 Å². The van der Waals surface area contributed by atoms with E-state index >= 15 is 0 Å². The van der Waals surface area contributed by atoms with E-state index in [0.29, 0.717) is 18.7 Å². The zero-order valence-electron chi connectivity index (χ0n) is 14.9. The Kier molecular flexibility index (Phi) is 6.57. The van der Waals surface area contributed by atoms with Crippen LogP contribution in [0.25, 0.3) is 0 Å². The van der Waals surface area contributed by atoms with Gasteiger partial charge in [0.25, 0.3) is 0 Å². The van der Waals surface area contributed by atoms with Crippen molar-refractivity contribution in [3.05, 3.63) is 65.2 Å². The third-order valence-electron chi connectivity index (χ3n) is 3.61. The first kappa shape index (κ1) is 18.5. The maximum absolute atomic E-state index is 12.0. The third kappa shape index (κ3) is 6.67. The Morgan fingerprint density at radius 1 is 0.920 bits per heavy atom. The standard InChI is InChI=1S/C20H25N3O2/c1-14(2)22-20(25)23-18-10-8-17(9-11-18)13-21-19(24)12-16-6-4-15(3)5-7-16/h4-11,14H,12-13H2,1-3H3,(H,21,24)(H2,22,23,25). The fourth-order valence-corrected chi connectivity index (χ4v) is 2.29. The summed E-state index contributed by atoms with van der Waals surface area (Å²) in [5.74, 6) is -0.0117. The number of rotatable bonds is 6. The first-order valence-corrected chi connectivity index (χ1v) is 8.41. The molecule has 0 saturated heterocycles. The summed E-state index contributed by atoms with van der Waals surface area (Å²) in [5, 5.41) is 8.44. The Morgan fingerprint density at radius 2 is 1.52 bits per heavy atom. The van der Waals surface area contributed by atoms with E-state index in [1.54, 1.807) is 0 Å². The summed E-state index contributed by atoms with van der Waals surface area (Å²) in [5.41, 5.74) is 3.87. The lowest BCUT2D eigenvalue weighted by Gasteiger charge is -2.11. The highest BCUT2D eigenvalue weighted by atomic mass is 16.2. The van der Waals surface area contributed by atoms with E-state index in [2.05, 4.69) is 16.0 Å². The molecule has 0 radical (unpaired) electrons. The lowest BCUT2D eigenvalue weighted by atomic mass is 10.1. The van der Waals surface area contributed by atoms with Crippen LogP contribution in [0.3, 0.4) is 0 Å². The first-order valence-electron chi connectivity index (χ1n) is 8.41. The minimum Gasteiger partial charge on any atom is -0.352 e. The van der Waals surface area contributed by atoms with E-state index in [4.69, 9.17) is 0 Å². The van der Waals surface area contributed by atoms with Crippen LogP contribution in [0.4, 0.5) is 10.5 Å². The fraction of sp³-hybridized carbons (Fsp3) is 0.300. The van der Waals surface area contributed by atoms with E-state index in [1.807, 2.05) is 69.3 Å². The fourth-order valence-electron chi connectivity index (χ4n) is 2.29. The molecule has 0 atom stereocenters. The second-order valence-electron chi connectivity index (χ2n) is 6.39. The molecule has 5 heteroatoms. The largest absolute Gasteiger partial charge is 0.352 e. The molecule has 2 rings (SSSR count). The molecule has 3 amide bonds. The van der Waals surface area contributed by atoms with E-state index in [0.717, 1.165) is 11.1 Å². The summed E-state index contributed by atoms with van der Waals surface area (Å²) in [7, 11) is 0. The van der Waals surface area contributed by atoms with Crippen molar-refractivity contribution in [1.29, 1.82) is 0 Å². The molecule has 0 aromatic heterocycles. The monoisotopic (exact) mass is 339 g/mol. The molecule has 0 saturated carbocycles. The lowest BCUT2D eigenvalue weighted by Crippen LogP contribution is -2.34. The number of benzene rings is 2. The smallest absolute Gasteiger partial charge is 0.319 e. The van der Waals surface area contributed by atoms with Crippen LogP contribution in [-0.4, -0.2) is 18.0 Å². The number of urea groups is 1. The number of anilines is 1. The van der Waals surface area contributed by atoms with Gasteiger partial charge in [0.05, 0.1) is 6.42 Å². The second-order valence-corrected chi connectivity index (χ2v) is 6.39. The molecule has 0 fully saturated rings. The predicted octanol–water partition coefficient (Wildman–Crippen LogP) is 3.38. The molecule has 0 aliphatic rings. The Balaban J connectivity index is 1.79. The highest BCUT2D eigenvalue weighted by Crippen LogP contribution is 2.10. The molecule has 0 aliphatic carbocycles. The van der Waals surface area contributed by atoms with E-state index in [-0.39, 0.29) is 18.0 Å². The Bertz CT molecular complexity index is 707. The molecule has 2 aromatic carbocycles. The normalized spacial score (nSPS) is 10.4. The zero-order valence-corrected chi connectivity index (χ0v) is 14.9. The lowest BCUT2D eigenvalue weighted by molar-refractivity contribution is -0.120. The molecule has 0 spiro atoms. The van der Waals surface area contributed by atoms with Gasteiger partial charge < -0.3 is 16.0 Å². The second kappa shape index (κ2) is 8.87. The van der Waals surface area contributed by atoms with Crippen LogP contribution in [-0.2, 0) is 17.8 Å². The molecular weight excluding hydrogens is 314 g/mol. The third-order valence-corrected chi connectivity index (χ3v) is 3.61. The van der Waals surface area contributed by atoms with Crippen LogP contribution < -0.4 is 16.0 Å². The van der Waals surface area contributed by atoms with Crippen molar-refractivity contribution in [2.24, 2.45) is 0 Å². The van der Waals surface area contributed by atoms with Crippen LogP contribution in [0.2, 0.25) is 0 Å². The summed E-state index contributed by atoms with van der Waals surface area (Å²) in [4.78, 5) is 23.6. The molecule has 0 heterocycles. The van der Waals surface area contributed by atoms with Gasteiger partial charge in [0.1, 0.15) is 0 Å². The van der Waals surface area contributed by atoms with Crippen LogP contribution >= 0.6 is 0 Å². The average Bonchev–Trinajstić information content (AvgIpc) is 2.55. The molecule has 2 aromatic rings. The number of carbonyl (C=O) groups is 2. The quantitative estimate of drug-likeness (QED) is 0.755. The number of nitrogens with one attached hydrogen (secondary N) is 3. The summed E-state index contributed by atoms with van der Waals surface area (Å²) in [6, 6.07) is 15.2. The molecule has 3 N–H and O–H groups in total. The van der Waals surface area contributed by atoms with Gasteiger partial charge in [0, 0.05) is 18.3 Å². The van der Waals surface area contributed by atoms with E-state index < -0.39 is 0 Å². The number of aryl methyl sites for hydroxylation is 1. The molecule has 0 unspecified atom stereocenters. The highest BCUT2D eigenvalue weighted by Gasteiger charge is 2.05. The van der Waals surface area contributed by atoms with Gasteiger partial charge in [0.15, 0.2) is 0 Å². The van der Waals surface area contributed by atoms with Crippen molar-refractivity contribution < 1.29 is 9.59 Å². The zero-order chi connectivity index (χ0) is 18.2. The van der Waals surface area contributed by atoms with Gasteiger partial charge in [-0.2, -0.15) is 0 Å². The maximum atomic E-state index is 12.0. The predicted molar refractivity (Wildman–Crippen MR) is 100 cm³/mol. The average molecular weight is 339 g/mol. The van der Waals surface area contributed by atoms with E-state index in [1.165, 1.54) is 5.56 Å². The number of amides is 3. The van der Waals surface area contributed by atoms with Crippen molar-refractivity contribution in [3.63, 3.8) is 0 Å². The van der Waals surface area contributed by atoms with Gasteiger partial charge in [-0.1, -0.05) is 42.0 Å². The first-order chi connectivity index (χ1) is 11.9. The van der Waals surface area contributed by atoms with Gasteiger partial charge in [-0.05, 0) is 44.0 Å². The molecule has 25 heavy (non-hydrogen) atoms. The van der Waals surface area contributed by atoms with Gasteiger partial charge in [-0.25, -0.2) is 4.79 Å². The summed E-state index contributed by atoms with van der Waals surface area (Å²) in [6.07, 6.45) is 0.370. The molecule has 0 aliphatic heterocycles. The maximum Gasteiger partial charge on any atom is 0.319 e. The van der Waals surface area contributed by atoms with E-state index in [9.17, 15) is 9.59 Å². The summed E-state index contributed by atoms with van der Waals surface area (Å²) in [6.45, 7) is 6.29. The number of hydrogen-bond donors (Lipinski definition) is 3. The Morgan fingerprint density at radius 3 is 2.12 bits per heavy atom. The summed E-state index contributed by atoms with van der Waals surface area (Å²) >= 11 is 0. The molecule has 5 nitrogen and oxygen atoms in total. The molecule has 0 bridgehead atoms.